The Kier molecular flexibility index (Phi) is 1.53. The second-order valence-corrected chi connectivity index (χ2v) is 1.85. The molecule has 0 unspecified atom stereocenters. The number of hydrogen-bond donors (Lipinski definition) is 1. The highest BCUT2D eigenvalue weighted by atomic mass is 32.1. The van der Waals surface area contributed by atoms with Gasteiger partial charge in [0.25, 0.3) is 0 Å². The van der Waals surface area contributed by atoms with Gasteiger partial charge >= 0.3 is 0 Å². The van der Waals surface area contributed by atoms with Gasteiger partial charge in [-0.3, -0.25) is 0 Å². The van der Waals surface area contributed by atoms with Crippen molar-refractivity contribution in [2.24, 2.45) is 0 Å². The molecule has 0 aliphatic heterocycles. The lowest BCUT2D eigenvalue weighted by atomic mass is 10.4. The number of hydrogen-bond acceptors (Lipinski definition) is 1. The van der Waals surface area contributed by atoms with Gasteiger partial charge in [0.15, 0.2) is 0 Å². The predicted molar refractivity (Wildman–Crippen MR) is 32.5 cm³/mol. The third-order valence-electron chi connectivity index (χ3n) is 0.785. The molecule has 1 radical (unpaired) electrons. The topological polar surface area (TPSA) is 0 Å². The van der Waals surface area contributed by atoms with E-state index in [2.05, 4.69) is 18.7 Å². The minimum Gasteiger partial charge on any atom is -0.205 e. The quantitative estimate of drug-likeness (QED) is 0.506. The van der Waals surface area contributed by atoms with Crippen LogP contribution in [0, 0.1) is 11.9 Å². The molecule has 0 bridgehead atoms. The van der Waals surface area contributed by atoms with E-state index in [0.29, 0.717) is 4.90 Å². The first-order valence-corrected chi connectivity index (χ1v) is 2.60. The first-order valence-electron chi connectivity index (χ1n) is 2.16. The van der Waals surface area contributed by atoms with Crippen LogP contribution < -0.4 is 0 Å². The third kappa shape index (κ3) is 1.01. The number of halogens is 1. The summed E-state index contributed by atoms with van der Waals surface area (Å²) in [5.74, 6) is -0.393. The maximum Gasteiger partial charge on any atom is 0.144 e. The van der Waals surface area contributed by atoms with E-state index < -0.39 is 5.82 Å². The summed E-state index contributed by atoms with van der Waals surface area (Å²) in [5, 5.41) is 0. The Hall–Kier alpha value is -0.500. The molecule has 0 atom stereocenters. The first kappa shape index (κ1) is 5.63. The molecule has 0 fully saturated rings. The normalized spacial score (nSPS) is 9.25. The van der Waals surface area contributed by atoms with Gasteiger partial charge in [-0.15, -0.1) is 12.6 Å². The van der Waals surface area contributed by atoms with Crippen molar-refractivity contribution in [1.29, 1.82) is 0 Å². The van der Waals surface area contributed by atoms with Gasteiger partial charge in [-0.2, -0.15) is 0 Å². The molecule has 0 aliphatic carbocycles. The lowest BCUT2D eigenvalue weighted by Gasteiger charge is -1.87. The Morgan fingerprint density at radius 2 is 2.38 bits per heavy atom. The van der Waals surface area contributed by atoms with Crippen LogP contribution in [0.2, 0.25) is 0 Å². The Balaban J connectivity index is 3.13. The molecule has 2 heteroatoms. The molecular formula is C6H4FS. The first-order chi connectivity index (χ1) is 3.80. The van der Waals surface area contributed by atoms with E-state index in [1.54, 1.807) is 12.1 Å². The molecular weight excluding hydrogens is 123 g/mol. The molecule has 1 aromatic rings. The smallest absolute Gasteiger partial charge is 0.144 e. The molecule has 1 rings (SSSR count). The molecule has 8 heavy (non-hydrogen) atoms. The molecule has 41 valence electrons. The summed E-state index contributed by atoms with van der Waals surface area (Å²) in [6.45, 7) is 0. The van der Waals surface area contributed by atoms with Crippen LogP contribution in [0.15, 0.2) is 23.1 Å². The lowest BCUT2D eigenvalue weighted by Crippen LogP contribution is -1.72. The van der Waals surface area contributed by atoms with Crippen LogP contribution in [-0.4, -0.2) is 0 Å². The summed E-state index contributed by atoms with van der Waals surface area (Å²) >= 11 is 3.79. The molecule has 0 heterocycles. The summed E-state index contributed by atoms with van der Waals surface area (Å²) < 4.78 is 12.2. The van der Waals surface area contributed by atoms with Crippen molar-refractivity contribution < 1.29 is 4.39 Å². The highest BCUT2D eigenvalue weighted by molar-refractivity contribution is 7.80. The van der Waals surface area contributed by atoms with Gasteiger partial charge in [0.1, 0.15) is 5.82 Å². The molecule has 0 aliphatic rings. The third-order valence-corrected chi connectivity index (χ3v) is 1.13. The maximum absolute atomic E-state index is 12.2. The molecule has 0 nitrogen and oxygen atoms in total. The Morgan fingerprint density at radius 3 is 2.75 bits per heavy atom. The Bertz CT molecular complexity index is 165. The fourth-order valence-electron chi connectivity index (χ4n) is 0.408. The molecule has 1 aromatic carbocycles. The fraction of sp³-hybridized carbons (Fsp3) is 0. The van der Waals surface area contributed by atoms with Crippen molar-refractivity contribution in [3.05, 3.63) is 30.1 Å². The lowest BCUT2D eigenvalue weighted by molar-refractivity contribution is 0.600. The highest BCUT2D eigenvalue weighted by Gasteiger charge is 1.90. The number of benzene rings is 1. The summed E-state index contributed by atoms with van der Waals surface area (Å²) in [6, 6.07) is 7.13. The fourth-order valence-corrected chi connectivity index (χ4v) is 0.558. The van der Waals surface area contributed by atoms with Crippen LogP contribution in [0.4, 0.5) is 4.39 Å². The minimum atomic E-state index is -0.393. The molecule has 0 N–H and O–H groups in total. The van der Waals surface area contributed by atoms with E-state index in [0.717, 1.165) is 0 Å². The van der Waals surface area contributed by atoms with Gasteiger partial charge in [0.2, 0.25) is 0 Å². The van der Waals surface area contributed by atoms with Gasteiger partial charge in [-0.1, -0.05) is 12.1 Å². The van der Waals surface area contributed by atoms with Crippen molar-refractivity contribution >= 4 is 12.6 Å². The van der Waals surface area contributed by atoms with E-state index in [4.69, 9.17) is 0 Å². The van der Waals surface area contributed by atoms with Crippen molar-refractivity contribution in [2.45, 2.75) is 4.90 Å². The maximum atomic E-state index is 12.2. The van der Waals surface area contributed by atoms with Crippen molar-refractivity contribution in [1.82, 2.24) is 0 Å². The average molecular weight is 127 g/mol. The zero-order valence-corrected chi connectivity index (χ0v) is 4.95. The van der Waals surface area contributed by atoms with Crippen molar-refractivity contribution in [2.75, 3.05) is 0 Å². The zero-order chi connectivity index (χ0) is 5.98. The summed E-state index contributed by atoms with van der Waals surface area (Å²) in [6.07, 6.45) is 0. The van der Waals surface area contributed by atoms with Crippen molar-refractivity contribution in [3.63, 3.8) is 0 Å². The van der Waals surface area contributed by atoms with Gasteiger partial charge in [0, 0.05) is 11.0 Å². The van der Waals surface area contributed by atoms with E-state index in [-0.39, 0.29) is 0 Å². The highest BCUT2D eigenvalue weighted by Crippen LogP contribution is 2.08. The zero-order valence-electron chi connectivity index (χ0n) is 4.06. The van der Waals surface area contributed by atoms with Crippen LogP contribution in [0.5, 0.6) is 0 Å². The van der Waals surface area contributed by atoms with E-state index in [1.807, 2.05) is 0 Å². The standard InChI is InChI=1S/C6H4FS/c7-5-3-1-2-4-6(5)8/h1-2,4,8H. The number of thiol groups is 1. The molecule has 0 saturated heterocycles. The Morgan fingerprint density at radius 1 is 1.62 bits per heavy atom. The van der Waals surface area contributed by atoms with Gasteiger partial charge < -0.3 is 0 Å². The van der Waals surface area contributed by atoms with Gasteiger partial charge in [-0.25, -0.2) is 4.39 Å². The average Bonchev–Trinajstić information content (AvgIpc) is 1.77. The predicted octanol–water partition coefficient (Wildman–Crippen LogP) is 1.91. The largest absolute Gasteiger partial charge is 0.205 e. The molecule has 0 spiro atoms. The van der Waals surface area contributed by atoms with Gasteiger partial charge in [0.05, 0.1) is 0 Å². The van der Waals surface area contributed by atoms with E-state index in [1.165, 1.54) is 6.07 Å². The van der Waals surface area contributed by atoms with Gasteiger partial charge in [-0.05, 0) is 6.07 Å². The molecule has 0 saturated carbocycles. The van der Waals surface area contributed by atoms with Crippen LogP contribution in [-0.2, 0) is 0 Å². The van der Waals surface area contributed by atoms with Crippen LogP contribution >= 0.6 is 12.6 Å². The van der Waals surface area contributed by atoms with Crippen LogP contribution in [0.25, 0.3) is 0 Å². The van der Waals surface area contributed by atoms with Crippen LogP contribution in [0.3, 0.4) is 0 Å². The van der Waals surface area contributed by atoms with E-state index >= 15 is 0 Å². The summed E-state index contributed by atoms with van der Waals surface area (Å²) in [7, 11) is 0. The second kappa shape index (κ2) is 2.18. The monoisotopic (exact) mass is 127 g/mol. The molecule has 0 aromatic heterocycles. The van der Waals surface area contributed by atoms with Crippen LogP contribution in [0.1, 0.15) is 0 Å². The minimum absolute atomic E-state index is 0.340. The summed E-state index contributed by atoms with van der Waals surface area (Å²) in [4.78, 5) is 0.340. The number of rotatable bonds is 0. The SMILES string of the molecule is Fc1[c]cccc1S. The Labute approximate surface area is 52.8 Å². The molecule has 0 amide bonds. The van der Waals surface area contributed by atoms with E-state index in [9.17, 15) is 4.39 Å². The second-order valence-electron chi connectivity index (χ2n) is 1.37. The summed E-state index contributed by atoms with van der Waals surface area (Å²) in [5.41, 5.74) is 0. The van der Waals surface area contributed by atoms with Crippen molar-refractivity contribution in [3.8, 4) is 0 Å².